The monoisotopic (exact) mass is 233 g/mol. The van der Waals surface area contributed by atoms with Crippen LogP contribution in [0.2, 0.25) is 4.34 Å². The number of halogens is 1. The summed E-state index contributed by atoms with van der Waals surface area (Å²) < 4.78 is 0.410. The fourth-order valence-corrected chi connectivity index (χ4v) is 2.03. The number of thiophene rings is 1. The number of nitrogen functional groups attached to an aromatic ring is 1. The van der Waals surface area contributed by atoms with Gasteiger partial charge in [-0.2, -0.15) is 0 Å². The molecule has 0 saturated heterocycles. The molecule has 1 heterocycles. The zero-order chi connectivity index (χ0) is 10.7. The van der Waals surface area contributed by atoms with Crippen LogP contribution < -0.4 is 16.6 Å². The molecule has 5 nitrogen and oxygen atoms in total. The van der Waals surface area contributed by atoms with Gasteiger partial charge in [-0.15, -0.1) is 11.3 Å². The molecule has 0 bridgehead atoms. The Morgan fingerprint density at radius 2 is 2.21 bits per heavy atom. The maximum Gasteiger partial charge on any atom is 0.268 e. The molecule has 1 aromatic heterocycles. The molecule has 4 N–H and O–H groups in total. The minimum atomic E-state index is -0.489. The van der Waals surface area contributed by atoms with E-state index in [4.69, 9.17) is 17.4 Å². The second-order valence-corrected chi connectivity index (χ2v) is 4.13. The molecule has 7 heteroatoms. The first-order valence-electron chi connectivity index (χ1n) is 3.62. The molecule has 0 aliphatic carbocycles. The van der Waals surface area contributed by atoms with E-state index in [2.05, 4.69) is 5.32 Å². The highest BCUT2D eigenvalue weighted by Crippen LogP contribution is 2.31. The van der Waals surface area contributed by atoms with Gasteiger partial charge in [0, 0.05) is 6.92 Å². The quantitative estimate of drug-likeness (QED) is 0.404. The van der Waals surface area contributed by atoms with Crippen LogP contribution >= 0.6 is 22.9 Å². The van der Waals surface area contributed by atoms with E-state index in [1.54, 1.807) is 0 Å². The molecular weight excluding hydrogens is 226 g/mol. The summed E-state index contributed by atoms with van der Waals surface area (Å²) in [6.07, 6.45) is 0. The van der Waals surface area contributed by atoms with Gasteiger partial charge in [0.1, 0.15) is 5.00 Å². The van der Waals surface area contributed by atoms with Crippen LogP contribution in [0.5, 0.6) is 0 Å². The maximum atomic E-state index is 11.2. The number of hydrogen-bond donors (Lipinski definition) is 3. The van der Waals surface area contributed by atoms with Gasteiger partial charge >= 0.3 is 0 Å². The molecule has 0 atom stereocenters. The van der Waals surface area contributed by atoms with Crippen LogP contribution in [0.3, 0.4) is 0 Å². The Hall–Kier alpha value is -1.11. The fraction of sp³-hybridized carbons (Fsp3) is 0.143. The average molecular weight is 234 g/mol. The molecular formula is C7H8ClN3O2S. The Balaban J connectivity index is 3.02. The molecule has 0 aliphatic rings. The highest BCUT2D eigenvalue weighted by molar-refractivity contribution is 7.20. The third-order valence-electron chi connectivity index (χ3n) is 1.37. The SMILES string of the molecule is CC(=O)Nc1sc(Cl)cc1C(=O)NN. The lowest BCUT2D eigenvalue weighted by Crippen LogP contribution is -2.30. The number of carbonyl (C=O) groups is 2. The van der Waals surface area contributed by atoms with Crippen molar-refractivity contribution in [2.24, 2.45) is 5.84 Å². The standard InChI is InChI=1S/C7H8ClN3O2S/c1-3(12)10-7-4(6(13)11-9)2-5(8)14-7/h2H,9H2,1H3,(H,10,12)(H,11,13). The van der Waals surface area contributed by atoms with E-state index in [1.807, 2.05) is 5.43 Å². The average Bonchev–Trinajstić information content (AvgIpc) is 2.44. The summed E-state index contributed by atoms with van der Waals surface area (Å²) in [6.45, 7) is 1.34. The van der Waals surface area contributed by atoms with Crippen molar-refractivity contribution in [2.75, 3.05) is 5.32 Å². The van der Waals surface area contributed by atoms with Crippen molar-refractivity contribution in [3.8, 4) is 0 Å². The van der Waals surface area contributed by atoms with Crippen molar-refractivity contribution in [2.45, 2.75) is 6.92 Å². The summed E-state index contributed by atoms with van der Waals surface area (Å²) in [6, 6.07) is 1.44. The molecule has 0 aliphatic heterocycles. The minimum absolute atomic E-state index is 0.262. The predicted octanol–water partition coefficient (Wildman–Crippen LogP) is 0.963. The highest BCUT2D eigenvalue weighted by atomic mass is 35.5. The normalized spacial score (nSPS) is 9.64. The predicted molar refractivity (Wildman–Crippen MR) is 55.3 cm³/mol. The van der Waals surface area contributed by atoms with E-state index < -0.39 is 5.91 Å². The Bertz CT molecular complexity index is 377. The molecule has 76 valence electrons. The topological polar surface area (TPSA) is 84.2 Å². The lowest BCUT2D eigenvalue weighted by Gasteiger charge is -2.01. The van der Waals surface area contributed by atoms with Crippen molar-refractivity contribution in [1.29, 1.82) is 0 Å². The zero-order valence-corrected chi connectivity index (χ0v) is 8.83. The van der Waals surface area contributed by atoms with Crippen molar-refractivity contribution in [3.63, 3.8) is 0 Å². The van der Waals surface area contributed by atoms with Gasteiger partial charge in [0.05, 0.1) is 9.90 Å². The Kier molecular flexibility index (Phi) is 3.45. The van der Waals surface area contributed by atoms with Crippen molar-refractivity contribution >= 4 is 39.8 Å². The number of nitrogens with one attached hydrogen (secondary N) is 2. The van der Waals surface area contributed by atoms with Crippen LogP contribution in [0.4, 0.5) is 5.00 Å². The van der Waals surface area contributed by atoms with E-state index in [0.717, 1.165) is 11.3 Å². The van der Waals surface area contributed by atoms with Crippen molar-refractivity contribution in [3.05, 3.63) is 16.0 Å². The second kappa shape index (κ2) is 4.41. The first-order valence-corrected chi connectivity index (χ1v) is 4.82. The van der Waals surface area contributed by atoms with Crippen LogP contribution in [-0.2, 0) is 4.79 Å². The number of anilines is 1. The lowest BCUT2D eigenvalue weighted by atomic mass is 10.3. The molecule has 2 amide bonds. The maximum absolute atomic E-state index is 11.2. The van der Waals surface area contributed by atoms with Crippen LogP contribution in [0, 0.1) is 0 Å². The van der Waals surface area contributed by atoms with Crippen molar-refractivity contribution in [1.82, 2.24) is 5.43 Å². The fourth-order valence-electron chi connectivity index (χ4n) is 0.860. The van der Waals surface area contributed by atoms with Crippen LogP contribution in [0.15, 0.2) is 6.07 Å². The third kappa shape index (κ3) is 2.44. The minimum Gasteiger partial charge on any atom is -0.317 e. The summed E-state index contributed by atoms with van der Waals surface area (Å²) in [5.41, 5.74) is 2.23. The van der Waals surface area contributed by atoms with Gasteiger partial charge in [0.15, 0.2) is 0 Å². The highest BCUT2D eigenvalue weighted by Gasteiger charge is 2.15. The molecule has 1 rings (SSSR count). The van der Waals surface area contributed by atoms with E-state index in [9.17, 15) is 9.59 Å². The Morgan fingerprint density at radius 1 is 1.57 bits per heavy atom. The van der Waals surface area contributed by atoms with Crippen molar-refractivity contribution < 1.29 is 9.59 Å². The van der Waals surface area contributed by atoms with E-state index in [-0.39, 0.29) is 11.5 Å². The molecule has 0 radical (unpaired) electrons. The summed E-state index contributed by atoms with van der Waals surface area (Å²) >= 11 is 6.80. The van der Waals surface area contributed by atoms with Crippen LogP contribution in [0.25, 0.3) is 0 Å². The van der Waals surface area contributed by atoms with Gasteiger partial charge < -0.3 is 5.32 Å². The molecule has 14 heavy (non-hydrogen) atoms. The van der Waals surface area contributed by atoms with Gasteiger partial charge in [0.2, 0.25) is 5.91 Å². The molecule has 0 unspecified atom stereocenters. The lowest BCUT2D eigenvalue weighted by molar-refractivity contribution is -0.114. The number of carbonyl (C=O) groups excluding carboxylic acids is 2. The summed E-state index contributed by atoms with van der Waals surface area (Å²) in [5, 5.41) is 2.88. The third-order valence-corrected chi connectivity index (χ3v) is 2.55. The molecule has 0 aromatic carbocycles. The Morgan fingerprint density at radius 3 is 2.71 bits per heavy atom. The smallest absolute Gasteiger partial charge is 0.268 e. The van der Waals surface area contributed by atoms with E-state index in [1.165, 1.54) is 13.0 Å². The molecule has 1 aromatic rings. The number of amides is 2. The van der Waals surface area contributed by atoms with Gasteiger partial charge in [0.25, 0.3) is 5.91 Å². The number of rotatable bonds is 2. The zero-order valence-electron chi connectivity index (χ0n) is 7.26. The van der Waals surface area contributed by atoms with Crippen LogP contribution in [-0.4, -0.2) is 11.8 Å². The summed E-state index contributed by atoms with van der Waals surface area (Å²) in [4.78, 5) is 22.0. The van der Waals surface area contributed by atoms with Gasteiger partial charge in [-0.25, -0.2) is 5.84 Å². The largest absolute Gasteiger partial charge is 0.317 e. The number of hydrogen-bond acceptors (Lipinski definition) is 4. The first kappa shape index (κ1) is 11.0. The van der Waals surface area contributed by atoms with Crippen LogP contribution in [0.1, 0.15) is 17.3 Å². The molecule has 0 saturated carbocycles. The second-order valence-electron chi connectivity index (χ2n) is 2.45. The Labute approximate surface area is 89.2 Å². The van der Waals surface area contributed by atoms with Gasteiger partial charge in [-0.05, 0) is 6.07 Å². The molecule has 0 spiro atoms. The number of hydrazine groups is 1. The number of nitrogens with two attached hydrogens (primary N) is 1. The summed E-state index contributed by atoms with van der Waals surface area (Å²) in [7, 11) is 0. The first-order chi connectivity index (χ1) is 6.54. The van der Waals surface area contributed by atoms with Gasteiger partial charge in [-0.1, -0.05) is 11.6 Å². The molecule has 0 fully saturated rings. The summed E-state index contributed by atoms with van der Waals surface area (Å²) in [5.74, 6) is 4.20. The van der Waals surface area contributed by atoms with E-state index >= 15 is 0 Å². The van der Waals surface area contributed by atoms with E-state index in [0.29, 0.717) is 9.34 Å². The van der Waals surface area contributed by atoms with Gasteiger partial charge in [-0.3, -0.25) is 15.0 Å².